The monoisotopic (exact) mass is 466 g/mol. The molecule has 0 atom stereocenters. The van der Waals surface area contributed by atoms with Gasteiger partial charge >= 0.3 is 0 Å². The molecule has 5 rings (SSSR count). The molecule has 0 saturated carbocycles. The van der Waals surface area contributed by atoms with E-state index in [1.54, 1.807) is 6.33 Å². The lowest BCUT2D eigenvalue weighted by Gasteiger charge is -2.21. The SMILES string of the molecule is Cc1cc(C)c(-c2sc3c(-c4cc([Si](C)(C)C)c5ccccc5c4)ncnc3c2C)c(C)c1. The highest BCUT2D eigenvalue weighted by Gasteiger charge is 2.23. The van der Waals surface area contributed by atoms with Crippen molar-refractivity contribution < 1.29 is 0 Å². The van der Waals surface area contributed by atoms with Crippen LogP contribution in [0.2, 0.25) is 19.6 Å². The van der Waals surface area contributed by atoms with Crippen molar-refractivity contribution in [2.75, 3.05) is 0 Å². The molecule has 0 bridgehead atoms. The molecule has 4 heteroatoms. The van der Waals surface area contributed by atoms with Crippen LogP contribution >= 0.6 is 11.3 Å². The average molecular weight is 467 g/mol. The van der Waals surface area contributed by atoms with Gasteiger partial charge in [-0.15, -0.1) is 11.3 Å². The molecule has 0 aliphatic heterocycles. The first-order valence-corrected chi connectivity index (χ1v) is 15.8. The summed E-state index contributed by atoms with van der Waals surface area (Å²) in [5.74, 6) is 0. The molecule has 0 aliphatic carbocycles. The van der Waals surface area contributed by atoms with Gasteiger partial charge in [0.05, 0.1) is 24.0 Å². The Labute approximate surface area is 201 Å². The van der Waals surface area contributed by atoms with Crippen LogP contribution in [0.3, 0.4) is 0 Å². The number of rotatable bonds is 3. The van der Waals surface area contributed by atoms with Crippen molar-refractivity contribution in [3.8, 4) is 21.7 Å². The van der Waals surface area contributed by atoms with E-state index in [1.165, 1.54) is 58.9 Å². The number of nitrogens with zero attached hydrogens (tertiary/aromatic N) is 2. The van der Waals surface area contributed by atoms with Crippen LogP contribution in [0.1, 0.15) is 22.3 Å². The summed E-state index contributed by atoms with van der Waals surface area (Å²) in [7, 11) is -1.55. The summed E-state index contributed by atoms with van der Waals surface area (Å²) >= 11 is 1.84. The van der Waals surface area contributed by atoms with Crippen molar-refractivity contribution >= 4 is 45.6 Å². The maximum atomic E-state index is 4.83. The van der Waals surface area contributed by atoms with Crippen molar-refractivity contribution in [1.29, 1.82) is 0 Å². The normalized spacial score (nSPS) is 12.1. The summed E-state index contributed by atoms with van der Waals surface area (Å²) in [6, 6.07) is 18.0. The molecule has 2 nitrogen and oxygen atoms in total. The van der Waals surface area contributed by atoms with Gasteiger partial charge in [0.15, 0.2) is 0 Å². The number of fused-ring (bicyclic) bond motifs is 2. The summed E-state index contributed by atoms with van der Waals surface area (Å²) in [6.45, 7) is 16.1. The van der Waals surface area contributed by atoms with E-state index in [2.05, 4.69) is 95.9 Å². The van der Waals surface area contributed by atoms with Crippen LogP contribution in [0.4, 0.5) is 0 Å². The molecule has 0 N–H and O–H groups in total. The Balaban J connectivity index is 1.80. The largest absolute Gasteiger partial charge is 0.235 e. The molecule has 166 valence electrons. The Bertz CT molecular complexity index is 1520. The van der Waals surface area contributed by atoms with Crippen molar-refractivity contribution in [3.05, 3.63) is 77.1 Å². The number of aryl methyl sites for hydroxylation is 4. The predicted molar refractivity (Wildman–Crippen MR) is 148 cm³/mol. The van der Waals surface area contributed by atoms with Crippen LogP contribution < -0.4 is 5.19 Å². The molecule has 3 aromatic carbocycles. The minimum Gasteiger partial charge on any atom is -0.235 e. The zero-order chi connectivity index (χ0) is 23.5. The fourth-order valence-corrected chi connectivity index (χ4v) is 8.15. The Morgan fingerprint density at radius 1 is 0.818 bits per heavy atom. The van der Waals surface area contributed by atoms with E-state index in [-0.39, 0.29) is 0 Å². The van der Waals surface area contributed by atoms with Crippen LogP contribution in [0, 0.1) is 27.7 Å². The summed E-state index contributed by atoms with van der Waals surface area (Å²) in [4.78, 5) is 10.9. The lowest BCUT2D eigenvalue weighted by atomic mass is 9.97. The van der Waals surface area contributed by atoms with Gasteiger partial charge in [0.1, 0.15) is 6.33 Å². The van der Waals surface area contributed by atoms with E-state index < -0.39 is 8.07 Å². The Hall–Kier alpha value is -2.82. The van der Waals surface area contributed by atoms with E-state index >= 15 is 0 Å². The lowest BCUT2D eigenvalue weighted by molar-refractivity contribution is 1.22. The molecule has 0 aliphatic rings. The van der Waals surface area contributed by atoms with Crippen LogP contribution in [-0.2, 0) is 0 Å². The fourth-order valence-electron chi connectivity index (χ4n) is 5.07. The van der Waals surface area contributed by atoms with Crippen molar-refractivity contribution in [3.63, 3.8) is 0 Å². The molecule has 0 spiro atoms. The number of thiophene rings is 1. The second kappa shape index (κ2) is 7.89. The Morgan fingerprint density at radius 2 is 1.52 bits per heavy atom. The first-order chi connectivity index (χ1) is 15.6. The van der Waals surface area contributed by atoms with Gasteiger partial charge in [-0.3, -0.25) is 0 Å². The zero-order valence-corrected chi connectivity index (χ0v) is 22.3. The van der Waals surface area contributed by atoms with Crippen LogP contribution in [0.25, 0.3) is 42.7 Å². The van der Waals surface area contributed by atoms with Crippen LogP contribution in [0.5, 0.6) is 0 Å². The number of hydrogen-bond donors (Lipinski definition) is 0. The summed E-state index contributed by atoms with van der Waals surface area (Å²) in [5.41, 5.74) is 9.86. The molecule has 2 aromatic heterocycles. The number of benzene rings is 3. The van der Waals surface area contributed by atoms with E-state index in [0.717, 1.165) is 11.2 Å². The molecule has 0 fully saturated rings. The van der Waals surface area contributed by atoms with Crippen LogP contribution in [-0.4, -0.2) is 18.0 Å². The molecule has 5 aromatic rings. The third-order valence-corrected chi connectivity index (χ3v) is 9.89. The highest BCUT2D eigenvalue weighted by Crippen LogP contribution is 2.43. The van der Waals surface area contributed by atoms with Gasteiger partial charge in [-0.2, -0.15) is 0 Å². The minimum absolute atomic E-state index is 1.05. The third-order valence-electron chi connectivity index (χ3n) is 6.55. The Kier molecular flexibility index (Phi) is 5.26. The highest BCUT2D eigenvalue weighted by molar-refractivity contribution is 7.23. The minimum atomic E-state index is -1.55. The van der Waals surface area contributed by atoms with Gasteiger partial charge in [0.25, 0.3) is 0 Å². The Morgan fingerprint density at radius 3 is 2.21 bits per heavy atom. The maximum absolute atomic E-state index is 4.83. The van der Waals surface area contributed by atoms with Gasteiger partial charge in [0, 0.05) is 10.4 Å². The summed E-state index contributed by atoms with van der Waals surface area (Å²) in [5, 5.41) is 4.15. The van der Waals surface area contributed by atoms with Crippen molar-refractivity contribution in [2.24, 2.45) is 0 Å². The molecular formula is C29H30N2SSi. The molecule has 0 radical (unpaired) electrons. The molecule has 0 amide bonds. The van der Waals surface area contributed by atoms with Gasteiger partial charge in [0.2, 0.25) is 0 Å². The van der Waals surface area contributed by atoms with Gasteiger partial charge in [-0.1, -0.05) is 72.9 Å². The highest BCUT2D eigenvalue weighted by atomic mass is 32.1. The van der Waals surface area contributed by atoms with Crippen molar-refractivity contribution in [1.82, 2.24) is 9.97 Å². The summed E-state index contributed by atoms with van der Waals surface area (Å²) in [6.07, 6.45) is 1.74. The van der Waals surface area contributed by atoms with Crippen LogP contribution in [0.15, 0.2) is 54.9 Å². The standard InChI is InChI=1S/C29H30N2SSi/c1-17-12-18(2)25(19(3)13-17)28-20(4)26-29(32-28)27(31-16-30-26)22-14-21-10-8-9-11-23(21)24(15-22)33(5,6)7/h8-16H,1-7H3. The smallest absolute Gasteiger partial charge is 0.116 e. The van der Waals surface area contributed by atoms with Gasteiger partial charge in [-0.05, 0) is 66.8 Å². The lowest BCUT2D eigenvalue weighted by Crippen LogP contribution is -2.38. The average Bonchev–Trinajstić information content (AvgIpc) is 3.08. The third kappa shape index (κ3) is 3.71. The van der Waals surface area contributed by atoms with Crippen molar-refractivity contribution in [2.45, 2.75) is 47.3 Å². The van der Waals surface area contributed by atoms with E-state index in [9.17, 15) is 0 Å². The quantitative estimate of drug-likeness (QED) is 0.252. The van der Waals surface area contributed by atoms with E-state index in [1.807, 2.05) is 11.3 Å². The van der Waals surface area contributed by atoms with Gasteiger partial charge < -0.3 is 0 Å². The summed E-state index contributed by atoms with van der Waals surface area (Å²) < 4.78 is 1.18. The predicted octanol–water partition coefficient (Wildman–Crippen LogP) is 7.96. The van der Waals surface area contributed by atoms with E-state index in [4.69, 9.17) is 9.97 Å². The number of aromatic nitrogens is 2. The second-order valence-electron chi connectivity index (χ2n) is 10.2. The molecule has 0 saturated heterocycles. The number of hydrogen-bond acceptors (Lipinski definition) is 3. The zero-order valence-electron chi connectivity index (χ0n) is 20.5. The first-order valence-electron chi connectivity index (χ1n) is 11.5. The fraction of sp³-hybridized carbons (Fsp3) is 0.241. The van der Waals surface area contributed by atoms with E-state index in [0.29, 0.717) is 0 Å². The van der Waals surface area contributed by atoms with Gasteiger partial charge in [-0.25, -0.2) is 9.97 Å². The second-order valence-corrected chi connectivity index (χ2v) is 16.3. The topological polar surface area (TPSA) is 25.8 Å². The molecular weight excluding hydrogens is 436 g/mol. The first kappa shape index (κ1) is 22.0. The maximum Gasteiger partial charge on any atom is 0.116 e. The molecule has 2 heterocycles. The molecule has 0 unspecified atom stereocenters. The molecule has 33 heavy (non-hydrogen) atoms.